The second-order valence-electron chi connectivity index (χ2n) is 4.80. The third kappa shape index (κ3) is 6.48. The first-order valence-corrected chi connectivity index (χ1v) is 8.10. The molecule has 0 bridgehead atoms. The Labute approximate surface area is 168 Å². The molecule has 26 heavy (non-hydrogen) atoms. The number of nitrogens with zero attached hydrogens (tertiary/aromatic N) is 2. The molecule has 0 aliphatic heterocycles. The molecule has 0 fully saturated rings. The predicted molar refractivity (Wildman–Crippen MR) is 101 cm³/mol. The van der Waals surface area contributed by atoms with Gasteiger partial charge in [0.2, 0.25) is 0 Å². The maximum atomic E-state index is 12.5. The molecule has 0 radical (unpaired) electrons. The van der Waals surface area contributed by atoms with Gasteiger partial charge in [-0.2, -0.15) is 13.2 Å². The van der Waals surface area contributed by atoms with E-state index in [1.165, 1.54) is 6.07 Å². The third-order valence-electron chi connectivity index (χ3n) is 2.89. The number of carbonyl (C=O) groups is 1. The average Bonchev–Trinajstić information content (AvgIpc) is 3.18. The highest BCUT2D eigenvalue weighted by Crippen LogP contribution is 2.29. The summed E-state index contributed by atoms with van der Waals surface area (Å²) in [5.41, 5.74) is 4.19. The third-order valence-corrected chi connectivity index (χ3v) is 3.74. The van der Waals surface area contributed by atoms with Gasteiger partial charge in [0, 0.05) is 11.9 Å². The van der Waals surface area contributed by atoms with Crippen molar-refractivity contribution >= 4 is 47.2 Å². The van der Waals surface area contributed by atoms with E-state index < -0.39 is 17.8 Å². The Morgan fingerprint density at radius 3 is 2.65 bits per heavy atom. The zero-order valence-electron chi connectivity index (χ0n) is 13.6. The highest BCUT2D eigenvalue weighted by atomic mass is 127. The van der Waals surface area contributed by atoms with Crippen molar-refractivity contribution in [2.24, 2.45) is 10.7 Å². The number of aliphatic imine (C=N–C) groups is 1. The first-order valence-electron chi connectivity index (χ1n) is 7.22. The number of aromatic nitrogens is 1. The van der Waals surface area contributed by atoms with E-state index in [1.54, 1.807) is 6.07 Å². The highest BCUT2D eigenvalue weighted by molar-refractivity contribution is 14.0. The lowest BCUT2D eigenvalue weighted by molar-refractivity contribution is -0.140. The van der Waals surface area contributed by atoms with E-state index >= 15 is 0 Å². The van der Waals surface area contributed by atoms with E-state index in [-0.39, 0.29) is 47.8 Å². The second kappa shape index (κ2) is 9.75. The molecule has 0 aliphatic carbocycles. The fourth-order valence-electron chi connectivity index (χ4n) is 1.78. The molecule has 2 rings (SSSR count). The lowest BCUT2D eigenvalue weighted by atomic mass is 10.4. The molecule has 0 atom stereocenters. The minimum atomic E-state index is -4.45. The van der Waals surface area contributed by atoms with Crippen LogP contribution in [0.4, 0.5) is 13.2 Å². The molecule has 0 spiro atoms. The van der Waals surface area contributed by atoms with Crippen molar-refractivity contribution in [2.75, 3.05) is 6.54 Å². The number of thiazole rings is 1. The summed E-state index contributed by atoms with van der Waals surface area (Å²) >= 11 is 0.911. The van der Waals surface area contributed by atoms with Crippen molar-refractivity contribution in [2.45, 2.75) is 26.2 Å². The number of nitrogens with one attached hydrogen (secondary N) is 2. The number of furan rings is 1. The van der Waals surface area contributed by atoms with Gasteiger partial charge in [0.05, 0.1) is 6.54 Å². The van der Waals surface area contributed by atoms with Crippen LogP contribution >= 0.6 is 35.3 Å². The fourth-order valence-corrected chi connectivity index (χ4v) is 2.52. The van der Waals surface area contributed by atoms with Gasteiger partial charge in [-0.1, -0.05) is 0 Å². The molecule has 2 aromatic rings. The van der Waals surface area contributed by atoms with Crippen molar-refractivity contribution in [3.05, 3.63) is 39.7 Å². The summed E-state index contributed by atoms with van der Waals surface area (Å²) in [6, 6.07) is 3.02. The van der Waals surface area contributed by atoms with Gasteiger partial charge in [-0.05, 0) is 19.1 Å². The molecular weight excluding hydrogens is 486 g/mol. The van der Waals surface area contributed by atoms with Crippen molar-refractivity contribution in [1.29, 1.82) is 0 Å². The Kier molecular flexibility index (Phi) is 8.33. The Bertz CT molecular complexity index is 760. The first-order chi connectivity index (χ1) is 11.8. The number of primary amides is 1. The van der Waals surface area contributed by atoms with Crippen LogP contribution in [0.3, 0.4) is 0 Å². The molecule has 4 N–H and O–H groups in total. The topological polar surface area (TPSA) is 106 Å². The molecule has 0 aromatic carbocycles. The summed E-state index contributed by atoms with van der Waals surface area (Å²) in [4.78, 5) is 18.7. The Morgan fingerprint density at radius 1 is 1.38 bits per heavy atom. The van der Waals surface area contributed by atoms with E-state index in [9.17, 15) is 18.0 Å². The molecule has 2 heterocycles. The summed E-state index contributed by atoms with van der Waals surface area (Å²) in [6.45, 7) is 2.63. The molecule has 7 nitrogen and oxygen atoms in total. The molecule has 12 heteroatoms. The van der Waals surface area contributed by atoms with Gasteiger partial charge in [0.25, 0.3) is 5.91 Å². The largest absolute Gasteiger partial charge is 0.454 e. The van der Waals surface area contributed by atoms with Gasteiger partial charge in [-0.15, -0.1) is 35.3 Å². The number of alkyl halides is 3. The van der Waals surface area contributed by atoms with Crippen LogP contribution in [0.15, 0.2) is 26.9 Å². The fraction of sp³-hybridized carbons (Fsp3) is 0.357. The van der Waals surface area contributed by atoms with Crippen LogP contribution < -0.4 is 16.4 Å². The van der Waals surface area contributed by atoms with Gasteiger partial charge < -0.3 is 20.8 Å². The Hall–Kier alpha value is -1.83. The zero-order chi connectivity index (χ0) is 18.4. The van der Waals surface area contributed by atoms with Gasteiger partial charge in [0.1, 0.15) is 17.3 Å². The number of hydrogen-bond donors (Lipinski definition) is 3. The van der Waals surface area contributed by atoms with Crippen molar-refractivity contribution in [3.8, 4) is 0 Å². The number of rotatable bonds is 6. The smallest absolute Gasteiger partial charge is 0.434 e. The van der Waals surface area contributed by atoms with Crippen molar-refractivity contribution in [3.63, 3.8) is 0 Å². The molecule has 0 unspecified atom stereocenters. The summed E-state index contributed by atoms with van der Waals surface area (Å²) < 4.78 is 42.8. The minimum absolute atomic E-state index is 0. The molecular formula is C14H17F3IN5O2S. The lowest BCUT2D eigenvalue weighted by Gasteiger charge is -2.09. The van der Waals surface area contributed by atoms with E-state index in [4.69, 9.17) is 10.2 Å². The summed E-state index contributed by atoms with van der Waals surface area (Å²) in [7, 11) is 0. The summed E-state index contributed by atoms with van der Waals surface area (Å²) in [5, 5.41) is 7.09. The number of nitrogens with two attached hydrogens (primary N) is 1. The van der Waals surface area contributed by atoms with Crippen molar-refractivity contribution < 1.29 is 22.4 Å². The maximum absolute atomic E-state index is 12.5. The predicted octanol–water partition coefficient (Wildman–Crippen LogP) is 2.73. The second-order valence-corrected chi connectivity index (χ2v) is 5.75. The standard InChI is InChI=1S/C14H16F3N5O2S.HI/c1-2-19-13(20-5-8-3-4-9(24-8)12(18)23)21-6-11-22-10(7-25-11)14(15,16)17;/h3-4,7H,2,5-6H2,1H3,(H2,18,23)(H2,19,20,21);1H. The molecule has 0 aliphatic rings. The molecule has 144 valence electrons. The molecule has 0 saturated carbocycles. The molecule has 2 aromatic heterocycles. The van der Waals surface area contributed by atoms with Crippen molar-refractivity contribution in [1.82, 2.24) is 15.6 Å². The van der Waals surface area contributed by atoms with Crippen LogP contribution in [-0.4, -0.2) is 23.4 Å². The zero-order valence-corrected chi connectivity index (χ0v) is 16.7. The Balaban J connectivity index is 0.00000338. The van der Waals surface area contributed by atoms with Gasteiger partial charge in [0.15, 0.2) is 17.4 Å². The van der Waals surface area contributed by atoms with E-state index in [1.807, 2.05) is 6.92 Å². The van der Waals surface area contributed by atoms with Crippen LogP contribution in [0.1, 0.15) is 33.9 Å². The molecule has 0 saturated heterocycles. The number of amides is 1. The van der Waals surface area contributed by atoms with Crippen LogP contribution in [0.2, 0.25) is 0 Å². The summed E-state index contributed by atoms with van der Waals surface area (Å²) in [6.07, 6.45) is -4.45. The average molecular weight is 503 g/mol. The number of guanidine groups is 1. The Morgan fingerprint density at radius 2 is 2.12 bits per heavy atom. The quantitative estimate of drug-likeness (QED) is 0.320. The first kappa shape index (κ1) is 22.2. The number of carbonyl (C=O) groups excluding carboxylic acids is 1. The number of hydrogen-bond acceptors (Lipinski definition) is 5. The van der Waals surface area contributed by atoms with E-state index in [0.29, 0.717) is 18.3 Å². The maximum Gasteiger partial charge on any atom is 0.434 e. The van der Waals surface area contributed by atoms with Crippen LogP contribution in [0.25, 0.3) is 0 Å². The highest BCUT2D eigenvalue weighted by Gasteiger charge is 2.33. The summed E-state index contributed by atoms with van der Waals surface area (Å²) in [5.74, 6) is 0.165. The van der Waals surface area contributed by atoms with Gasteiger partial charge in [-0.3, -0.25) is 4.79 Å². The van der Waals surface area contributed by atoms with E-state index in [2.05, 4.69) is 20.6 Å². The van der Waals surface area contributed by atoms with Gasteiger partial charge >= 0.3 is 6.18 Å². The number of halogens is 4. The molecule has 1 amide bonds. The van der Waals surface area contributed by atoms with E-state index in [0.717, 1.165) is 16.7 Å². The lowest BCUT2D eigenvalue weighted by Crippen LogP contribution is -2.36. The monoisotopic (exact) mass is 503 g/mol. The van der Waals surface area contributed by atoms with Crippen LogP contribution in [-0.2, 0) is 19.3 Å². The van der Waals surface area contributed by atoms with Gasteiger partial charge in [-0.25, -0.2) is 9.98 Å². The van der Waals surface area contributed by atoms with Crippen LogP contribution in [0.5, 0.6) is 0 Å². The minimum Gasteiger partial charge on any atom is -0.454 e. The normalized spacial score (nSPS) is 11.8. The SMILES string of the molecule is CCNC(=NCc1ccc(C(N)=O)o1)NCc1nc(C(F)(F)F)cs1.I. The van der Waals surface area contributed by atoms with Crippen LogP contribution in [0, 0.1) is 0 Å².